The highest BCUT2D eigenvalue weighted by Crippen LogP contribution is 2.09. The van der Waals surface area contributed by atoms with Gasteiger partial charge in [-0.3, -0.25) is 0 Å². The average Bonchev–Trinajstić information content (AvgIpc) is 2.36. The van der Waals surface area contributed by atoms with E-state index in [2.05, 4.69) is 0 Å². The smallest absolute Gasteiger partial charge is 0.330 e. The predicted octanol–water partition coefficient (Wildman–Crippen LogP) is 3.65. The van der Waals surface area contributed by atoms with E-state index in [0.29, 0.717) is 6.61 Å². The van der Waals surface area contributed by atoms with Crippen LogP contribution in [-0.2, 0) is 9.53 Å². The van der Waals surface area contributed by atoms with Crippen molar-refractivity contribution in [3.63, 3.8) is 0 Å². The zero-order valence-corrected chi connectivity index (χ0v) is 13.3. The first-order chi connectivity index (χ1) is 9.16. The van der Waals surface area contributed by atoms with E-state index in [1.165, 1.54) is 6.08 Å². The summed E-state index contributed by atoms with van der Waals surface area (Å²) in [5.74, 6) is -0.273. The van der Waals surface area contributed by atoms with Crippen LogP contribution in [0.2, 0.25) is 6.04 Å². The number of allylic oxidation sites excluding steroid dienone is 1. The number of carbonyl (C=O) groups excluding carboxylic acids is 1. The Hall–Kier alpha value is -0.713. The third-order valence-corrected chi connectivity index (χ3v) is 4.21. The number of halogens is 2. The lowest BCUT2D eigenvalue weighted by Gasteiger charge is -2.03. The van der Waals surface area contributed by atoms with Gasteiger partial charge < -0.3 is 4.74 Å². The van der Waals surface area contributed by atoms with Gasteiger partial charge in [0.1, 0.15) is 9.52 Å². The van der Waals surface area contributed by atoms with Crippen LogP contribution in [0.4, 0.5) is 8.78 Å². The Morgan fingerprint density at radius 3 is 2.26 bits per heavy atom. The van der Waals surface area contributed by atoms with Gasteiger partial charge in [0.2, 0.25) is 6.05 Å². The van der Waals surface area contributed by atoms with Crippen molar-refractivity contribution in [2.24, 2.45) is 0 Å². The minimum Gasteiger partial charge on any atom is -0.463 e. The molecule has 0 unspecified atom stereocenters. The van der Waals surface area contributed by atoms with Gasteiger partial charge in [0, 0.05) is 6.08 Å². The molecular formula is C14H26F2O2Si. The van der Waals surface area contributed by atoms with Crippen molar-refractivity contribution in [3.8, 4) is 0 Å². The van der Waals surface area contributed by atoms with E-state index in [1.54, 1.807) is 13.0 Å². The van der Waals surface area contributed by atoms with Gasteiger partial charge >= 0.3 is 5.97 Å². The SMILES string of the molecule is CC=CC(=O)OCCCCCCCCC[SiH2]C(F)F. The van der Waals surface area contributed by atoms with Crippen LogP contribution in [0.3, 0.4) is 0 Å². The molecule has 0 aromatic carbocycles. The Labute approximate surface area is 117 Å². The van der Waals surface area contributed by atoms with Crippen LogP contribution in [0.5, 0.6) is 0 Å². The number of carbonyl (C=O) groups is 1. The van der Waals surface area contributed by atoms with E-state index in [1.807, 2.05) is 0 Å². The maximum Gasteiger partial charge on any atom is 0.330 e. The molecule has 0 fully saturated rings. The summed E-state index contributed by atoms with van der Waals surface area (Å²) >= 11 is 0. The van der Waals surface area contributed by atoms with Crippen molar-refractivity contribution in [1.82, 2.24) is 0 Å². The Balaban J connectivity index is 3.09. The second-order valence-corrected chi connectivity index (χ2v) is 6.58. The summed E-state index contributed by atoms with van der Waals surface area (Å²) in [5, 5.41) is 0. The van der Waals surface area contributed by atoms with E-state index >= 15 is 0 Å². The fourth-order valence-electron chi connectivity index (χ4n) is 1.82. The molecule has 0 bridgehead atoms. The number of esters is 1. The second kappa shape index (κ2) is 13.7. The minimum atomic E-state index is -2.01. The normalized spacial score (nSPS) is 12.0. The molecule has 0 heterocycles. The van der Waals surface area contributed by atoms with E-state index < -0.39 is 15.6 Å². The van der Waals surface area contributed by atoms with Crippen LogP contribution in [0.25, 0.3) is 0 Å². The highest BCUT2D eigenvalue weighted by Gasteiger charge is 2.02. The van der Waals surface area contributed by atoms with Gasteiger partial charge in [-0.15, -0.1) is 0 Å². The van der Waals surface area contributed by atoms with Crippen LogP contribution >= 0.6 is 0 Å². The molecule has 19 heavy (non-hydrogen) atoms. The standard InChI is InChI=1S/C14H26F2O2Si/c1-2-10-13(17)18-11-8-6-4-3-5-7-9-12-19-14(15)16/h2,10,14H,3-9,11-12,19H2,1H3. The quantitative estimate of drug-likeness (QED) is 0.237. The lowest BCUT2D eigenvalue weighted by atomic mass is 10.1. The van der Waals surface area contributed by atoms with Crippen molar-refractivity contribution in [1.29, 1.82) is 0 Å². The molecule has 0 aliphatic heterocycles. The van der Waals surface area contributed by atoms with E-state index in [0.717, 1.165) is 51.0 Å². The molecule has 5 heteroatoms. The molecule has 0 aromatic heterocycles. The number of hydrogen-bond acceptors (Lipinski definition) is 2. The number of hydrogen-bond donors (Lipinski definition) is 0. The molecule has 0 atom stereocenters. The zero-order valence-electron chi connectivity index (χ0n) is 11.9. The highest BCUT2D eigenvalue weighted by molar-refractivity contribution is 6.36. The average molecular weight is 292 g/mol. The van der Waals surface area contributed by atoms with E-state index in [-0.39, 0.29) is 5.97 Å². The first-order valence-corrected chi connectivity index (χ1v) is 9.06. The van der Waals surface area contributed by atoms with Gasteiger partial charge in [-0.1, -0.05) is 50.6 Å². The van der Waals surface area contributed by atoms with Crippen molar-refractivity contribution >= 4 is 15.5 Å². The van der Waals surface area contributed by atoms with Crippen molar-refractivity contribution in [2.45, 2.75) is 64.0 Å². The topological polar surface area (TPSA) is 26.3 Å². The molecule has 0 amide bonds. The Bertz CT molecular complexity index is 246. The lowest BCUT2D eigenvalue weighted by molar-refractivity contribution is -0.137. The van der Waals surface area contributed by atoms with Crippen molar-refractivity contribution in [2.75, 3.05) is 6.61 Å². The third-order valence-electron chi connectivity index (χ3n) is 2.86. The van der Waals surface area contributed by atoms with Crippen LogP contribution in [0.15, 0.2) is 12.2 Å². The van der Waals surface area contributed by atoms with Crippen LogP contribution in [0, 0.1) is 0 Å². The minimum absolute atomic E-state index is 0.273. The number of unbranched alkanes of at least 4 members (excludes halogenated alkanes) is 6. The summed E-state index contributed by atoms with van der Waals surface area (Å²) in [6.07, 6.45) is 10.5. The fourth-order valence-corrected chi connectivity index (χ4v) is 2.77. The molecule has 0 spiro atoms. The van der Waals surface area contributed by atoms with Gasteiger partial charge in [-0.25, -0.2) is 13.6 Å². The molecule has 112 valence electrons. The second-order valence-electron chi connectivity index (χ2n) is 4.68. The molecule has 0 aliphatic rings. The van der Waals surface area contributed by atoms with Crippen molar-refractivity contribution < 1.29 is 18.3 Å². The molecule has 0 aromatic rings. The van der Waals surface area contributed by atoms with Crippen LogP contribution in [-0.4, -0.2) is 28.1 Å². The molecule has 0 radical (unpaired) electrons. The Kier molecular flexibility index (Phi) is 13.2. The Morgan fingerprint density at radius 2 is 1.68 bits per heavy atom. The Morgan fingerprint density at radius 1 is 1.11 bits per heavy atom. The van der Waals surface area contributed by atoms with Crippen molar-refractivity contribution in [3.05, 3.63) is 12.2 Å². The van der Waals surface area contributed by atoms with Crippen LogP contribution in [0.1, 0.15) is 51.9 Å². The summed E-state index contributed by atoms with van der Waals surface area (Å²) < 4.78 is 28.8. The molecule has 0 saturated carbocycles. The summed E-state index contributed by atoms with van der Waals surface area (Å²) in [4.78, 5) is 11.0. The first kappa shape index (κ1) is 18.3. The fraction of sp³-hybridized carbons (Fsp3) is 0.786. The molecule has 2 nitrogen and oxygen atoms in total. The molecule has 0 N–H and O–H groups in total. The zero-order chi connectivity index (χ0) is 14.3. The molecular weight excluding hydrogens is 266 g/mol. The summed E-state index contributed by atoms with van der Waals surface area (Å²) in [6, 6.07) is -1.23. The monoisotopic (exact) mass is 292 g/mol. The van der Waals surface area contributed by atoms with Gasteiger partial charge in [0.15, 0.2) is 0 Å². The molecule has 0 saturated heterocycles. The third kappa shape index (κ3) is 15.2. The maximum absolute atomic E-state index is 11.9. The largest absolute Gasteiger partial charge is 0.463 e. The van der Waals surface area contributed by atoms with E-state index in [9.17, 15) is 13.6 Å². The first-order valence-electron chi connectivity index (χ1n) is 7.24. The van der Waals surface area contributed by atoms with Gasteiger partial charge in [-0.05, 0) is 13.3 Å². The highest BCUT2D eigenvalue weighted by atomic mass is 28.2. The van der Waals surface area contributed by atoms with Gasteiger partial charge in [0.25, 0.3) is 0 Å². The predicted molar refractivity (Wildman–Crippen MR) is 77.4 cm³/mol. The number of alkyl halides is 2. The summed E-state index contributed by atoms with van der Waals surface area (Å²) in [6.45, 7) is 2.27. The maximum atomic E-state index is 11.9. The van der Waals surface area contributed by atoms with E-state index in [4.69, 9.17) is 4.74 Å². The molecule has 0 rings (SSSR count). The van der Waals surface area contributed by atoms with Gasteiger partial charge in [0.05, 0.1) is 6.61 Å². The number of ether oxygens (including phenoxy) is 1. The molecule has 0 aliphatic carbocycles. The summed E-state index contributed by atoms with van der Waals surface area (Å²) in [5.41, 5.74) is 0. The lowest BCUT2D eigenvalue weighted by Crippen LogP contribution is -2.02. The summed E-state index contributed by atoms with van der Waals surface area (Å²) in [7, 11) is -1.10. The van der Waals surface area contributed by atoms with Gasteiger partial charge in [-0.2, -0.15) is 0 Å². The number of rotatable bonds is 12. The van der Waals surface area contributed by atoms with Crippen LogP contribution < -0.4 is 0 Å².